The number of benzene rings is 1. The second-order valence-electron chi connectivity index (χ2n) is 3.38. The van der Waals surface area contributed by atoms with Gasteiger partial charge in [-0.1, -0.05) is 6.08 Å². The molecule has 0 spiro atoms. The molecule has 0 fully saturated rings. The van der Waals surface area contributed by atoms with Crippen LogP contribution in [0.5, 0.6) is 5.75 Å². The van der Waals surface area contributed by atoms with Gasteiger partial charge in [0.25, 0.3) is 0 Å². The number of hydrazone groups is 1. The summed E-state index contributed by atoms with van der Waals surface area (Å²) in [6.07, 6.45) is 3.34. The Labute approximate surface area is 117 Å². The molecule has 0 atom stereocenters. The highest BCUT2D eigenvalue weighted by molar-refractivity contribution is 7.80. The lowest BCUT2D eigenvalue weighted by molar-refractivity contribution is 0.368. The Balaban J connectivity index is 2.42. The highest BCUT2D eigenvalue weighted by atomic mass is 32.1. The number of nitrogens with one attached hydrogen (secondary N) is 2. The minimum absolute atomic E-state index is 0.0399. The van der Waals surface area contributed by atoms with Gasteiger partial charge in [0.05, 0.1) is 6.21 Å². The van der Waals surface area contributed by atoms with Crippen LogP contribution in [0, 0.1) is 11.3 Å². The van der Waals surface area contributed by atoms with Crippen molar-refractivity contribution in [3.8, 4) is 11.8 Å². The van der Waals surface area contributed by atoms with Crippen LogP contribution in [0.25, 0.3) is 0 Å². The van der Waals surface area contributed by atoms with E-state index in [9.17, 15) is 0 Å². The first kappa shape index (κ1) is 14.7. The molecule has 0 radical (unpaired) electrons. The van der Waals surface area contributed by atoms with E-state index in [1.807, 2.05) is 18.2 Å². The summed E-state index contributed by atoms with van der Waals surface area (Å²) in [4.78, 5) is 0. The minimum atomic E-state index is 0.0399. The van der Waals surface area contributed by atoms with Gasteiger partial charge in [-0.3, -0.25) is 5.43 Å². The van der Waals surface area contributed by atoms with Crippen molar-refractivity contribution < 1.29 is 4.74 Å². The maximum absolute atomic E-state index is 8.38. The van der Waals surface area contributed by atoms with E-state index in [-0.39, 0.29) is 6.61 Å². The van der Waals surface area contributed by atoms with Gasteiger partial charge in [-0.05, 0) is 42.0 Å². The maximum Gasteiger partial charge on any atom is 0.187 e. The fourth-order valence-corrected chi connectivity index (χ4v) is 1.27. The average Bonchev–Trinajstić information content (AvgIpc) is 2.44. The third kappa shape index (κ3) is 6.19. The van der Waals surface area contributed by atoms with Crippen molar-refractivity contribution in [2.24, 2.45) is 5.10 Å². The third-order valence-corrected chi connectivity index (χ3v) is 2.21. The largest absolute Gasteiger partial charge is 0.479 e. The summed E-state index contributed by atoms with van der Waals surface area (Å²) in [7, 11) is 0. The van der Waals surface area contributed by atoms with E-state index >= 15 is 0 Å². The first-order valence-electron chi connectivity index (χ1n) is 5.54. The molecule has 0 aliphatic heterocycles. The molecule has 0 unspecified atom stereocenters. The zero-order valence-corrected chi connectivity index (χ0v) is 11.1. The van der Waals surface area contributed by atoms with Crippen molar-refractivity contribution in [3.05, 3.63) is 42.5 Å². The van der Waals surface area contributed by atoms with Crippen LogP contribution in [0.2, 0.25) is 0 Å². The van der Waals surface area contributed by atoms with Crippen LogP contribution in [-0.4, -0.2) is 24.5 Å². The van der Waals surface area contributed by atoms with Crippen LogP contribution in [0.4, 0.5) is 0 Å². The molecule has 1 aromatic carbocycles. The van der Waals surface area contributed by atoms with Crippen LogP contribution >= 0.6 is 12.2 Å². The highest BCUT2D eigenvalue weighted by Crippen LogP contribution is 2.10. The quantitative estimate of drug-likeness (QED) is 0.357. The Morgan fingerprint density at radius 2 is 2.21 bits per heavy atom. The standard InChI is InChI=1S/C13H14N4OS/c1-2-8-15-13(19)17-16-10-11-3-5-12(6-4-11)18-9-7-14/h2-6,10H,1,8-9H2,(H2,15,17,19)/b16-10-. The number of hydrogen-bond acceptors (Lipinski definition) is 4. The van der Waals surface area contributed by atoms with Gasteiger partial charge < -0.3 is 10.1 Å². The molecule has 6 heteroatoms. The molecule has 2 N–H and O–H groups in total. The lowest BCUT2D eigenvalue weighted by Crippen LogP contribution is -2.31. The van der Waals surface area contributed by atoms with Crippen molar-refractivity contribution >= 4 is 23.5 Å². The number of rotatable bonds is 6. The molecule has 0 heterocycles. The van der Waals surface area contributed by atoms with Crippen LogP contribution in [-0.2, 0) is 0 Å². The molecule has 19 heavy (non-hydrogen) atoms. The van der Waals surface area contributed by atoms with Crippen LogP contribution < -0.4 is 15.5 Å². The summed E-state index contributed by atoms with van der Waals surface area (Å²) in [5.41, 5.74) is 3.57. The normalized spacial score (nSPS) is 9.63. The molecule has 1 rings (SSSR count). The van der Waals surface area contributed by atoms with Gasteiger partial charge in [-0.15, -0.1) is 6.58 Å². The SMILES string of the molecule is C=CCNC(=S)N/N=C\c1ccc(OCC#N)cc1. The topological polar surface area (TPSA) is 69.4 Å². The summed E-state index contributed by atoms with van der Waals surface area (Å²) in [5, 5.41) is 15.7. The molecular weight excluding hydrogens is 260 g/mol. The molecule has 0 saturated carbocycles. The number of ether oxygens (including phenoxy) is 1. The number of nitrogens with zero attached hydrogens (tertiary/aromatic N) is 2. The Morgan fingerprint density at radius 3 is 2.84 bits per heavy atom. The molecule has 0 aliphatic carbocycles. The molecule has 0 bridgehead atoms. The number of thiocarbonyl (C=S) groups is 1. The number of hydrogen-bond donors (Lipinski definition) is 2. The summed E-state index contributed by atoms with van der Waals surface area (Å²) in [6, 6.07) is 9.11. The van der Waals surface area contributed by atoms with Crippen LogP contribution in [0.3, 0.4) is 0 Å². The van der Waals surface area contributed by atoms with E-state index in [1.165, 1.54) is 0 Å². The number of nitriles is 1. The third-order valence-electron chi connectivity index (χ3n) is 1.97. The highest BCUT2D eigenvalue weighted by Gasteiger charge is 1.93. The van der Waals surface area contributed by atoms with E-state index < -0.39 is 0 Å². The average molecular weight is 274 g/mol. The zero-order valence-electron chi connectivity index (χ0n) is 10.3. The lowest BCUT2D eigenvalue weighted by atomic mass is 10.2. The molecular formula is C13H14N4OS. The monoisotopic (exact) mass is 274 g/mol. The van der Waals surface area contributed by atoms with Crippen molar-refractivity contribution in [2.75, 3.05) is 13.2 Å². The fraction of sp³-hybridized carbons (Fsp3) is 0.154. The molecule has 0 amide bonds. The minimum Gasteiger partial charge on any atom is -0.479 e. The zero-order chi connectivity index (χ0) is 13.9. The summed E-state index contributed by atoms with van der Waals surface area (Å²) in [5.74, 6) is 0.648. The predicted molar refractivity (Wildman–Crippen MR) is 79.1 cm³/mol. The van der Waals surface area contributed by atoms with E-state index in [0.29, 0.717) is 17.4 Å². The molecule has 5 nitrogen and oxygen atoms in total. The van der Waals surface area contributed by atoms with E-state index in [2.05, 4.69) is 22.4 Å². The van der Waals surface area contributed by atoms with Gasteiger partial charge >= 0.3 is 0 Å². The van der Waals surface area contributed by atoms with Gasteiger partial charge in [0.2, 0.25) is 0 Å². The van der Waals surface area contributed by atoms with Gasteiger partial charge in [0, 0.05) is 6.54 Å². The van der Waals surface area contributed by atoms with Crippen molar-refractivity contribution in [1.82, 2.24) is 10.7 Å². The van der Waals surface area contributed by atoms with Crippen molar-refractivity contribution in [2.45, 2.75) is 0 Å². The second kappa shape index (κ2) is 8.66. The summed E-state index contributed by atoms with van der Waals surface area (Å²) < 4.78 is 5.14. The van der Waals surface area contributed by atoms with E-state index in [1.54, 1.807) is 24.4 Å². The Hall–Kier alpha value is -2.39. The molecule has 0 aliphatic rings. The molecule has 1 aromatic rings. The van der Waals surface area contributed by atoms with Gasteiger partial charge in [-0.2, -0.15) is 10.4 Å². The van der Waals surface area contributed by atoms with Gasteiger partial charge in [0.1, 0.15) is 11.8 Å². The first-order valence-corrected chi connectivity index (χ1v) is 5.94. The smallest absolute Gasteiger partial charge is 0.187 e. The Morgan fingerprint density at radius 1 is 1.47 bits per heavy atom. The predicted octanol–water partition coefficient (Wildman–Crippen LogP) is 1.57. The van der Waals surface area contributed by atoms with E-state index in [0.717, 1.165) is 5.56 Å². The van der Waals surface area contributed by atoms with Crippen LogP contribution in [0.15, 0.2) is 42.0 Å². The second-order valence-corrected chi connectivity index (χ2v) is 3.79. The maximum atomic E-state index is 8.38. The van der Waals surface area contributed by atoms with E-state index in [4.69, 9.17) is 22.2 Å². The van der Waals surface area contributed by atoms with Gasteiger partial charge in [-0.25, -0.2) is 0 Å². The first-order chi connectivity index (χ1) is 9.26. The Kier molecular flexibility index (Phi) is 6.69. The summed E-state index contributed by atoms with van der Waals surface area (Å²) in [6.45, 7) is 4.20. The van der Waals surface area contributed by atoms with Crippen molar-refractivity contribution in [1.29, 1.82) is 5.26 Å². The fourth-order valence-electron chi connectivity index (χ4n) is 1.14. The Bertz CT molecular complexity index is 490. The van der Waals surface area contributed by atoms with Crippen molar-refractivity contribution in [3.63, 3.8) is 0 Å². The molecule has 0 aromatic heterocycles. The lowest BCUT2D eigenvalue weighted by Gasteiger charge is -2.03. The summed E-state index contributed by atoms with van der Waals surface area (Å²) >= 11 is 4.97. The van der Waals surface area contributed by atoms with Crippen LogP contribution in [0.1, 0.15) is 5.56 Å². The molecule has 98 valence electrons. The van der Waals surface area contributed by atoms with Gasteiger partial charge in [0.15, 0.2) is 11.7 Å². The molecule has 0 saturated heterocycles.